The summed E-state index contributed by atoms with van der Waals surface area (Å²) in [5.74, 6) is -0.0332. The number of hydrogen-bond donors (Lipinski definition) is 3. The Labute approximate surface area is 81.0 Å². The van der Waals surface area contributed by atoms with Crippen LogP contribution in [0, 0.1) is 0 Å². The molecule has 0 aliphatic carbocycles. The minimum Gasteiger partial charge on any atom is -0.393 e. The van der Waals surface area contributed by atoms with Gasteiger partial charge in [-0.25, -0.2) is 0 Å². The summed E-state index contributed by atoms with van der Waals surface area (Å²) in [7, 11) is 0. The molecule has 1 aliphatic rings. The molecule has 1 atom stereocenters. The molecule has 0 saturated heterocycles. The normalized spacial score (nSPS) is 20.8. The second-order valence-corrected chi connectivity index (χ2v) is 3.82. The zero-order valence-corrected chi connectivity index (χ0v) is 8.23. The minimum atomic E-state index is -0.128. The number of aliphatic hydroxyl groups excluding tert-OH is 1. The number of amidine groups is 1. The van der Waals surface area contributed by atoms with Crippen LogP contribution in [0.3, 0.4) is 0 Å². The van der Waals surface area contributed by atoms with Gasteiger partial charge in [0.2, 0.25) is 5.91 Å². The number of nitrogens with zero attached hydrogens (tertiary/aromatic N) is 1. The standard InChI is InChI=1S/C7H13N3O2S/c1-2-3-5(12)8-7-10-9-6(4-11)13-7/h6,9,11H,2-4H2,1H3,(H,8,10,12). The Morgan fingerprint density at radius 3 is 3.15 bits per heavy atom. The van der Waals surface area contributed by atoms with E-state index < -0.39 is 0 Å². The highest BCUT2D eigenvalue weighted by atomic mass is 32.2. The molecule has 0 radical (unpaired) electrons. The van der Waals surface area contributed by atoms with E-state index in [0.29, 0.717) is 11.6 Å². The Bertz CT molecular complexity index is 220. The van der Waals surface area contributed by atoms with E-state index in [1.807, 2.05) is 6.92 Å². The van der Waals surface area contributed by atoms with Gasteiger partial charge < -0.3 is 10.4 Å². The molecule has 0 saturated carbocycles. The van der Waals surface area contributed by atoms with Crippen molar-refractivity contribution in [1.29, 1.82) is 0 Å². The van der Waals surface area contributed by atoms with E-state index >= 15 is 0 Å². The molecule has 5 nitrogen and oxygen atoms in total. The van der Waals surface area contributed by atoms with Crippen LogP contribution in [0.2, 0.25) is 0 Å². The van der Waals surface area contributed by atoms with Crippen LogP contribution >= 0.6 is 11.8 Å². The maximum atomic E-state index is 11.1. The number of thioether (sulfide) groups is 1. The second-order valence-electron chi connectivity index (χ2n) is 2.63. The van der Waals surface area contributed by atoms with Gasteiger partial charge in [0.05, 0.1) is 6.61 Å². The van der Waals surface area contributed by atoms with Gasteiger partial charge in [-0.1, -0.05) is 18.7 Å². The summed E-state index contributed by atoms with van der Waals surface area (Å²) >= 11 is 1.32. The maximum Gasteiger partial charge on any atom is 0.225 e. The smallest absolute Gasteiger partial charge is 0.225 e. The summed E-state index contributed by atoms with van der Waals surface area (Å²) in [6.07, 6.45) is 1.32. The molecule has 1 aliphatic heterocycles. The van der Waals surface area contributed by atoms with E-state index in [-0.39, 0.29) is 17.9 Å². The van der Waals surface area contributed by atoms with Crippen molar-refractivity contribution in [1.82, 2.24) is 10.7 Å². The zero-order chi connectivity index (χ0) is 9.68. The molecule has 0 aromatic heterocycles. The van der Waals surface area contributed by atoms with Crippen LogP contribution in [0.15, 0.2) is 5.10 Å². The van der Waals surface area contributed by atoms with Gasteiger partial charge in [0.25, 0.3) is 0 Å². The molecule has 0 aromatic rings. The monoisotopic (exact) mass is 203 g/mol. The van der Waals surface area contributed by atoms with Gasteiger partial charge in [-0.2, -0.15) is 5.10 Å². The first-order valence-corrected chi connectivity index (χ1v) is 5.04. The van der Waals surface area contributed by atoms with Crippen molar-refractivity contribution in [3.05, 3.63) is 0 Å². The predicted octanol–water partition coefficient (Wildman–Crippen LogP) is -0.171. The first-order chi connectivity index (χ1) is 6.26. The molecule has 13 heavy (non-hydrogen) atoms. The summed E-state index contributed by atoms with van der Waals surface area (Å²) in [4.78, 5) is 11.1. The molecule has 1 rings (SSSR count). The van der Waals surface area contributed by atoms with E-state index in [9.17, 15) is 4.79 Å². The molecule has 1 amide bonds. The number of carbonyl (C=O) groups is 1. The second kappa shape index (κ2) is 5.08. The average Bonchev–Trinajstić information content (AvgIpc) is 2.52. The summed E-state index contributed by atoms with van der Waals surface area (Å²) in [5.41, 5.74) is 2.69. The third-order valence-electron chi connectivity index (χ3n) is 1.45. The zero-order valence-electron chi connectivity index (χ0n) is 7.41. The molecule has 3 N–H and O–H groups in total. The van der Waals surface area contributed by atoms with Gasteiger partial charge in [-0.15, -0.1) is 0 Å². The first kappa shape index (κ1) is 10.3. The van der Waals surface area contributed by atoms with Crippen LogP contribution < -0.4 is 10.7 Å². The number of nitrogens with one attached hydrogen (secondary N) is 2. The molecule has 0 spiro atoms. The van der Waals surface area contributed by atoms with Gasteiger partial charge >= 0.3 is 0 Å². The van der Waals surface area contributed by atoms with E-state index in [1.165, 1.54) is 11.8 Å². The lowest BCUT2D eigenvalue weighted by molar-refractivity contribution is -0.119. The number of aliphatic hydroxyl groups is 1. The highest BCUT2D eigenvalue weighted by Gasteiger charge is 2.19. The van der Waals surface area contributed by atoms with Gasteiger partial charge in [-0.05, 0) is 6.42 Å². The predicted molar refractivity (Wildman–Crippen MR) is 52.1 cm³/mol. The van der Waals surface area contributed by atoms with E-state index in [0.717, 1.165) is 6.42 Å². The third-order valence-corrected chi connectivity index (χ3v) is 2.41. The van der Waals surface area contributed by atoms with Crippen molar-refractivity contribution in [3.8, 4) is 0 Å². The third kappa shape index (κ3) is 3.23. The summed E-state index contributed by atoms with van der Waals surface area (Å²) in [6, 6.07) is 0. The Morgan fingerprint density at radius 1 is 1.85 bits per heavy atom. The molecule has 74 valence electrons. The van der Waals surface area contributed by atoms with Crippen molar-refractivity contribution >= 4 is 22.8 Å². The highest BCUT2D eigenvalue weighted by molar-refractivity contribution is 8.14. The van der Waals surface area contributed by atoms with Gasteiger partial charge in [-0.3, -0.25) is 10.2 Å². The van der Waals surface area contributed by atoms with Crippen molar-refractivity contribution in [2.45, 2.75) is 25.1 Å². The van der Waals surface area contributed by atoms with Crippen LogP contribution in [0.1, 0.15) is 19.8 Å². The molecule has 1 heterocycles. The van der Waals surface area contributed by atoms with Crippen LogP contribution in [-0.2, 0) is 4.79 Å². The van der Waals surface area contributed by atoms with Crippen LogP contribution in [0.25, 0.3) is 0 Å². The lowest BCUT2D eigenvalue weighted by atomic mass is 10.3. The topological polar surface area (TPSA) is 73.7 Å². The highest BCUT2D eigenvalue weighted by Crippen LogP contribution is 2.14. The first-order valence-electron chi connectivity index (χ1n) is 4.16. The van der Waals surface area contributed by atoms with Crippen LogP contribution in [-0.4, -0.2) is 28.2 Å². The molecular formula is C7H13N3O2S. The molecular weight excluding hydrogens is 190 g/mol. The summed E-state index contributed by atoms with van der Waals surface area (Å²) in [5, 5.41) is 15.7. The SMILES string of the molecule is CCCC(=O)NC1=NNC(CO)S1. The number of rotatable bonds is 3. The number of amides is 1. The molecule has 0 fully saturated rings. The summed E-state index contributed by atoms with van der Waals surface area (Å²) < 4.78 is 0. The molecule has 0 aromatic carbocycles. The Balaban J connectivity index is 2.27. The number of carbonyl (C=O) groups excluding carboxylic acids is 1. The van der Waals surface area contributed by atoms with Crippen LogP contribution in [0.4, 0.5) is 0 Å². The fourth-order valence-corrected chi connectivity index (χ4v) is 1.59. The van der Waals surface area contributed by atoms with Crippen molar-refractivity contribution < 1.29 is 9.90 Å². The Morgan fingerprint density at radius 2 is 2.62 bits per heavy atom. The lowest BCUT2D eigenvalue weighted by Crippen LogP contribution is -2.27. The molecule has 1 unspecified atom stereocenters. The quantitative estimate of drug-likeness (QED) is 0.595. The van der Waals surface area contributed by atoms with Crippen LogP contribution in [0.5, 0.6) is 0 Å². The van der Waals surface area contributed by atoms with E-state index in [4.69, 9.17) is 5.11 Å². The van der Waals surface area contributed by atoms with E-state index in [2.05, 4.69) is 15.8 Å². The Kier molecular flexibility index (Phi) is 4.04. The number of hydrogen-bond acceptors (Lipinski definition) is 5. The average molecular weight is 203 g/mol. The van der Waals surface area contributed by atoms with Gasteiger partial charge in [0.15, 0.2) is 5.17 Å². The van der Waals surface area contributed by atoms with Gasteiger partial charge in [0.1, 0.15) is 5.37 Å². The maximum absolute atomic E-state index is 11.1. The molecule has 0 bridgehead atoms. The van der Waals surface area contributed by atoms with Crippen molar-refractivity contribution in [3.63, 3.8) is 0 Å². The van der Waals surface area contributed by atoms with Gasteiger partial charge in [0, 0.05) is 6.42 Å². The summed E-state index contributed by atoms with van der Waals surface area (Å²) in [6.45, 7) is 1.94. The number of hydrazone groups is 1. The van der Waals surface area contributed by atoms with Crippen molar-refractivity contribution in [2.24, 2.45) is 5.10 Å². The fraction of sp³-hybridized carbons (Fsp3) is 0.714. The Hall–Kier alpha value is -0.750. The van der Waals surface area contributed by atoms with E-state index in [1.54, 1.807) is 0 Å². The molecule has 6 heteroatoms. The fourth-order valence-electron chi connectivity index (χ4n) is 0.862. The largest absolute Gasteiger partial charge is 0.393 e. The minimum absolute atomic E-state index is 0.00130. The lowest BCUT2D eigenvalue weighted by Gasteiger charge is -2.03. The van der Waals surface area contributed by atoms with Crippen molar-refractivity contribution in [2.75, 3.05) is 6.61 Å².